The van der Waals surface area contributed by atoms with Crippen LogP contribution in [0.4, 0.5) is 0 Å². The molecule has 0 aliphatic heterocycles. The fourth-order valence-electron chi connectivity index (χ4n) is 3.30. The summed E-state index contributed by atoms with van der Waals surface area (Å²) < 4.78 is 5.47. The second kappa shape index (κ2) is 7.65. The van der Waals surface area contributed by atoms with E-state index in [1.165, 1.54) is 5.56 Å². The summed E-state index contributed by atoms with van der Waals surface area (Å²) in [5.74, 6) is 0.395. The third-order valence-corrected chi connectivity index (χ3v) is 5.18. The van der Waals surface area contributed by atoms with E-state index >= 15 is 0 Å². The van der Waals surface area contributed by atoms with Gasteiger partial charge in [-0.15, -0.1) is 0 Å². The average Bonchev–Trinajstić information content (AvgIpc) is 2.60. The van der Waals surface area contributed by atoms with Crippen LogP contribution in [0.15, 0.2) is 51.7 Å². The Kier molecular flexibility index (Phi) is 5.49. The van der Waals surface area contributed by atoms with E-state index in [1.807, 2.05) is 44.2 Å². The predicted octanol–water partition coefficient (Wildman–Crippen LogP) is 5.55. The fourth-order valence-corrected chi connectivity index (χ4v) is 3.43. The van der Waals surface area contributed by atoms with Crippen molar-refractivity contribution in [3.63, 3.8) is 0 Å². The molecule has 1 unspecified atom stereocenters. The summed E-state index contributed by atoms with van der Waals surface area (Å²) >= 11 is 6.01. The van der Waals surface area contributed by atoms with Crippen molar-refractivity contribution in [3.8, 4) is 0 Å². The van der Waals surface area contributed by atoms with E-state index in [9.17, 15) is 4.79 Å². The normalized spacial score (nSPS) is 12.7. The molecule has 136 valence electrons. The van der Waals surface area contributed by atoms with Gasteiger partial charge in [-0.2, -0.15) is 0 Å². The average molecular weight is 370 g/mol. The maximum absolute atomic E-state index is 12.0. The highest BCUT2D eigenvalue weighted by Crippen LogP contribution is 2.26. The van der Waals surface area contributed by atoms with Crippen molar-refractivity contribution >= 4 is 22.6 Å². The van der Waals surface area contributed by atoms with Gasteiger partial charge in [-0.05, 0) is 54.2 Å². The zero-order valence-corrected chi connectivity index (χ0v) is 16.4. The molecule has 0 aliphatic carbocycles. The summed E-state index contributed by atoms with van der Waals surface area (Å²) in [4.78, 5) is 12.0. The van der Waals surface area contributed by atoms with Crippen LogP contribution in [0.25, 0.3) is 11.0 Å². The number of hydrogen-bond acceptors (Lipinski definition) is 3. The fraction of sp³-hybridized carbons (Fsp3) is 0.318. The molecule has 0 amide bonds. The Labute approximate surface area is 159 Å². The largest absolute Gasteiger partial charge is 0.422 e. The molecule has 1 atom stereocenters. The van der Waals surface area contributed by atoms with E-state index in [2.05, 4.69) is 25.2 Å². The van der Waals surface area contributed by atoms with Crippen molar-refractivity contribution < 1.29 is 4.42 Å². The number of aryl methyl sites for hydroxylation is 2. The maximum Gasteiger partial charge on any atom is 0.336 e. The van der Waals surface area contributed by atoms with E-state index in [4.69, 9.17) is 16.0 Å². The lowest BCUT2D eigenvalue weighted by Gasteiger charge is -2.23. The van der Waals surface area contributed by atoms with Gasteiger partial charge in [0.15, 0.2) is 0 Å². The Morgan fingerprint density at radius 2 is 1.77 bits per heavy atom. The first-order valence-corrected chi connectivity index (χ1v) is 9.26. The van der Waals surface area contributed by atoms with Crippen molar-refractivity contribution in [1.29, 1.82) is 0 Å². The monoisotopic (exact) mass is 369 g/mol. The van der Waals surface area contributed by atoms with E-state index < -0.39 is 0 Å². The third kappa shape index (κ3) is 3.84. The lowest BCUT2D eigenvalue weighted by atomic mass is 9.95. The highest BCUT2D eigenvalue weighted by atomic mass is 35.5. The zero-order chi connectivity index (χ0) is 18.8. The highest BCUT2D eigenvalue weighted by Gasteiger charge is 2.17. The van der Waals surface area contributed by atoms with Gasteiger partial charge in [-0.25, -0.2) is 4.79 Å². The van der Waals surface area contributed by atoms with Gasteiger partial charge >= 0.3 is 5.63 Å². The summed E-state index contributed by atoms with van der Waals surface area (Å²) in [6, 6.07) is 13.8. The first kappa shape index (κ1) is 18.7. The van der Waals surface area contributed by atoms with Gasteiger partial charge < -0.3 is 9.73 Å². The second-order valence-corrected chi connectivity index (χ2v) is 7.57. The number of benzene rings is 2. The lowest BCUT2D eigenvalue weighted by molar-refractivity contribution is 0.410. The molecule has 26 heavy (non-hydrogen) atoms. The Morgan fingerprint density at radius 3 is 2.42 bits per heavy atom. The molecule has 0 radical (unpaired) electrons. The maximum atomic E-state index is 12.0. The molecular weight excluding hydrogens is 346 g/mol. The van der Waals surface area contributed by atoms with Crippen molar-refractivity contribution in [2.75, 3.05) is 0 Å². The topological polar surface area (TPSA) is 42.2 Å². The van der Waals surface area contributed by atoms with Crippen LogP contribution in [0.5, 0.6) is 0 Å². The highest BCUT2D eigenvalue weighted by molar-refractivity contribution is 6.30. The number of hydrogen-bond donors (Lipinski definition) is 1. The second-order valence-electron chi connectivity index (χ2n) is 7.13. The van der Waals surface area contributed by atoms with Crippen LogP contribution in [-0.4, -0.2) is 0 Å². The Bertz CT molecular complexity index is 974. The lowest BCUT2D eigenvalue weighted by Crippen LogP contribution is -2.26. The van der Waals surface area contributed by atoms with Gasteiger partial charge in [0.05, 0.1) is 0 Å². The minimum Gasteiger partial charge on any atom is -0.422 e. The molecule has 3 rings (SSSR count). The Morgan fingerprint density at radius 1 is 1.08 bits per heavy atom. The first-order valence-electron chi connectivity index (χ1n) is 8.88. The van der Waals surface area contributed by atoms with Crippen LogP contribution in [0.2, 0.25) is 5.02 Å². The molecule has 0 spiro atoms. The number of nitrogens with one attached hydrogen (secondary N) is 1. The van der Waals surface area contributed by atoms with Crippen LogP contribution < -0.4 is 10.9 Å². The molecule has 0 saturated carbocycles. The minimum atomic E-state index is -0.310. The molecule has 1 heterocycles. The van der Waals surface area contributed by atoms with Crippen molar-refractivity contribution in [2.45, 2.75) is 40.3 Å². The van der Waals surface area contributed by atoms with Gasteiger partial charge in [0.2, 0.25) is 0 Å². The molecule has 4 heteroatoms. The summed E-state index contributed by atoms with van der Waals surface area (Å²) in [5, 5.41) is 5.32. The van der Waals surface area contributed by atoms with E-state index in [0.717, 1.165) is 27.1 Å². The molecular formula is C22H24ClNO2. The van der Waals surface area contributed by atoms with E-state index in [0.29, 0.717) is 18.0 Å². The summed E-state index contributed by atoms with van der Waals surface area (Å²) in [6.45, 7) is 8.96. The molecule has 0 aliphatic rings. The van der Waals surface area contributed by atoms with Gasteiger partial charge in [-0.1, -0.05) is 49.7 Å². The Balaban J connectivity index is 1.94. The number of fused-ring (bicyclic) bond motifs is 1. The minimum absolute atomic E-state index is 0.168. The van der Waals surface area contributed by atoms with Crippen LogP contribution >= 0.6 is 11.6 Å². The van der Waals surface area contributed by atoms with Gasteiger partial charge in [0.1, 0.15) is 5.58 Å². The number of halogens is 1. The molecule has 1 N–H and O–H groups in total. The third-order valence-electron chi connectivity index (χ3n) is 4.93. The van der Waals surface area contributed by atoms with Crippen LogP contribution in [0.1, 0.15) is 42.1 Å². The zero-order valence-electron chi connectivity index (χ0n) is 15.6. The quantitative estimate of drug-likeness (QED) is 0.599. The molecule has 0 fully saturated rings. The van der Waals surface area contributed by atoms with E-state index in [-0.39, 0.29) is 11.7 Å². The Hall–Kier alpha value is -2.10. The van der Waals surface area contributed by atoms with Gasteiger partial charge in [0.25, 0.3) is 0 Å². The summed E-state index contributed by atoms with van der Waals surface area (Å²) in [7, 11) is 0. The van der Waals surface area contributed by atoms with Gasteiger partial charge in [0, 0.05) is 29.1 Å². The van der Waals surface area contributed by atoms with Crippen molar-refractivity contribution in [1.82, 2.24) is 5.32 Å². The van der Waals surface area contributed by atoms with Crippen LogP contribution in [0.3, 0.4) is 0 Å². The SMILES string of the molecule is Cc1ccc2c(CNC(c3ccc(Cl)cc3)C(C)C)cc(=O)oc2c1C. The van der Waals surface area contributed by atoms with Crippen molar-refractivity contribution in [2.24, 2.45) is 5.92 Å². The number of rotatable bonds is 5. The predicted molar refractivity (Wildman–Crippen MR) is 108 cm³/mol. The summed E-state index contributed by atoms with van der Waals surface area (Å²) in [6.07, 6.45) is 0. The first-order chi connectivity index (χ1) is 12.4. The molecule has 0 saturated heterocycles. The molecule has 3 aromatic rings. The molecule has 3 nitrogen and oxygen atoms in total. The van der Waals surface area contributed by atoms with Crippen LogP contribution in [-0.2, 0) is 6.54 Å². The standard InChI is InChI=1S/C22H24ClNO2/c1-13(2)21(16-6-8-18(23)9-7-16)24-12-17-11-20(25)26-22-15(4)14(3)5-10-19(17)22/h5-11,13,21,24H,12H2,1-4H3. The van der Waals surface area contributed by atoms with Gasteiger partial charge in [-0.3, -0.25) is 0 Å². The molecule has 2 aromatic carbocycles. The van der Waals surface area contributed by atoms with Crippen molar-refractivity contribution in [3.05, 3.63) is 80.2 Å². The molecule has 0 bridgehead atoms. The summed E-state index contributed by atoms with van der Waals surface area (Å²) in [5.41, 5.74) is 4.65. The van der Waals surface area contributed by atoms with Crippen LogP contribution in [0, 0.1) is 19.8 Å². The van der Waals surface area contributed by atoms with E-state index in [1.54, 1.807) is 6.07 Å². The smallest absolute Gasteiger partial charge is 0.336 e. The molecule has 1 aromatic heterocycles.